The Kier molecular flexibility index (Phi) is 5.47. The summed E-state index contributed by atoms with van der Waals surface area (Å²) in [7, 11) is 0. The minimum Gasteiger partial charge on any atom is -0.300 e. The third kappa shape index (κ3) is 4.41. The van der Waals surface area contributed by atoms with E-state index in [9.17, 15) is 4.39 Å². The second-order valence-electron chi connectivity index (χ2n) is 7.50. The number of hydrogen-bond acceptors (Lipinski definition) is 2. The van der Waals surface area contributed by atoms with Crippen molar-refractivity contribution in [3.8, 4) is 0 Å². The van der Waals surface area contributed by atoms with Gasteiger partial charge >= 0.3 is 0 Å². The van der Waals surface area contributed by atoms with Gasteiger partial charge in [-0.05, 0) is 74.6 Å². The van der Waals surface area contributed by atoms with Gasteiger partial charge in [-0.25, -0.2) is 4.39 Å². The Bertz CT molecular complexity index is 517. The highest BCUT2D eigenvalue weighted by Crippen LogP contribution is 2.33. The molecule has 1 saturated carbocycles. The first-order valence-electron chi connectivity index (χ1n) is 9.18. The standard InChI is InChI=1S/C20H29FN2/c1-15(2)16-3-9-20(10-4-16)23-13-11-19(12-14-23)22-18-7-5-17(21)6-8-18/h5-8,15-16,20H,3-4,9-14H2,1-2H3. The smallest absolute Gasteiger partial charge is 0.123 e. The number of benzene rings is 1. The molecule has 0 bridgehead atoms. The van der Waals surface area contributed by atoms with Crippen LogP contribution in [0.1, 0.15) is 52.4 Å². The van der Waals surface area contributed by atoms with Crippen molar-refractivity contribution < 1.29 is 4.39 Å². The van der Waals surface area contributed by atoms with Crippen LogP contribution in [0.3, 0.4) is 0 Å². The van der Waals surface area contributed by atoms with Crippen LogP contribution in [0.5, 0.6) is 0 Å². The Morgan fingerprint density at radius 3 is 2.17 bits per heavy atom. The summed E-state index contributed by atoms with van der Waals surface area (Å²) in [6.07, 6.45) is 7.65. The highest BCUT2D eigenvalue weighted by atomic mass is 19.1. The highest BCUT2D eigenvalue weighted by molar-refractivity contribution is 5.87. The average molecular weight is 316 g/mol. The van der Waals surface area contributed by atoms with Crippen LogP contribution in [0, 0.1) is 17.7 Å². The molecule has 0 radical (unpaired) electrons. The molecule has 3 heteroatoms. The van der Waals surface area contributed by atoms with Gasteiger partial charge in [-0.1, -0.05) is 13.8 Å². The molecule has 126 valence electrons. The Hall–Kier alpha value is -1.22. The van der Waals surface area contributed by atoms with Crippen LogP contribution in [0.4, 0.5) is 10.1 Å². The highest BCUT2D eigenvalue weighted by Gasteiger charge is 2.28. The van der Waals surface area contributed by atoms with Crippen LogP contribution >= 0.6 is 0 Å². The van der Waals surface area contributed by atoms with Crippen LogP contribution in [0.15, 0.2) is 29.3 Å². The molecule has 0 aromatic heterocycles. The predicted octanol–water partition coefficient (Wildman–Crippen LogP) is 5.21. The van der Waals surface area contributed by atoms with Crippen molar-refractivity contribution in [1.82, 2.24) is 4.90 Å². The maximum absolute atomic E-state index is 12.9. The van der Waals surface area contributed by atoms with Crippen molar-refractivity contribution in [2.45, 2.75) is 58.4 Å². The summed E-state index contributed by atoms with van der Waals surface area (Å²) in [5.41, 5.74) is 2.15. The fourth-order valence-corrected chi connectivity index (χ4v) is 4.09. The zero-order valence-electron chi connectivity index (χ0n) is 14.5. The van der Waals surface area contributed by atoms with Crippen molar-refractivity contribution in [2.24, 2.45) is 16.8 Å². The first-order chi connectivity index (χ1) is 11.1. The Morgan fingerprint density at radius 1 is 1.00 bits per heavy atom. The van der Waals surface area contributed by atoms with E-state index in [-0.39, 0.29) is 5.82 Å². The SMILES string of the molecule is CC(C)C1CCC(N2CCC(=Nc3ccc(F)cc3)CC2)CC1. The number of halogens is 1. The topological polar surface area (TPSA) is 15.6 Å². The molecule has 1 aliphatic carbocycles. The van der Waals surface area contributed by atoms with Gasteiger partial charge in [0.2, 0.25) is 0 Å². The van der Waals surface area contributed by atoms with Crippen molar-refractivity contribution in [2.75, 3.05) is 13.1 Å². The minimum absolute atomic E-state index is 0.194. The number of aliphatic imine (C=N–C) groups is 1. The quantitative estimate of drug-likeness (QED) is 0.747. The van der Waals surface area contributed by atoms with E-state index in [0.29, 0.717) is 0 Å². The molecule has 0 unspecified atom stereocenters. The lowest BCUT2D eigenvalue weighted by Crippen LogP contribution is -2.43. The van der Waals surface area contributed by atoms with E-state index >= 15 is 0 Å². The van der Waals surface area contributed by atoms with Gasteiger partial charge in [-0.15, -0.1) is 0 Å². The van der Waals surface area contributed by atoms with E-state index in [1.807, 2.05) is 0 Å². The van der Waals surface area contributed by atoms with Gasteiger partial charge in [0.1, 0.15) is 5.82 Å². The first kappa shape index (κ1) is 16.6. The van der Waals surface area contributed by atoms with Crippen molar-refractivity contribution in [3.63, 3.8) is 0 Å². The molecule has 1 heterocycles. The van der Waals surface area contributed by atoms with Gasteiger partial charge in [-0.3, -0.25) is 9.89 Å². The molecule has 2 fully saturated rings. The molecule has 1 saturated heterocycles. The van der Waals surface area contributed by atoms with Crippen LogP contribution in [0.2, 0.25) is 0 Å². The first-order valence-corrected chi connectivity index (χ1v) is 9.18. The summed E-state index contributed by atoms with van der Waals surface area (Å²) in [4.78, 5) is 7.38. The molecule has 2 aliphatic rings. The molecular formula is C20H29FN2. The summed E-state index contributed by atoms with van der Waals surface area (Å²) in [5.74, 6) is 1.58. The van der Waals surface area contributed by atoms with E-state index < -0.39 is 0 Å². The average Bonchev–Trinajstić information content (AvgIpc) is 2.58. The third-order valence-corrected chi connectivity index (χ3v) is 5.69. The molecule has 0 N–H and O–H groups in total. The lowest BCUT2D eigenvalue weighted by Gasteiger charge is -2.40. The van der Waals surface area contributed by atoms with E-state index in [4.69, 9.17) is 4.99 Å². The molecule has 1 aliphatic heterocycles. The largest absolute Gasteiger partial charge is 0.300 e. The number of likely N-dealkylation sites (tertiary alicyclic amines) is 1. The molecule has 1 aromatic carbocycles. The zero-order valence-corrected chi connectivity index (χ0v) is 14.5. The summed E-state index contributed by atoms with van der Waals surface area (Å²) >= 11 is 0. The van der Waals surface area contributed by atoms with Gasteiger partial charge in [0.25, 0.3) is 0 Å². The van der Waals surface area contributed by atoms with Gasteiger partial charge < -0.3 is 0 Å². The summed E-state index contributed by atoms with van der Waals surface area (Å²) in [6, 6.07) is 7.30. The Morgan fingerprint density at radius 2 is 1.61 bits per heavy atom. The van der Waals surface area contributed by atoms with E-state index in [1.54, 1.807) is 12.1 Å². The van der Waals surface area contributed by atoms with Crippen LogP contribution in [-0.4, -0.2) is 29.7 Å². The maximum atomic E-state index is 12.9. The molecule has 0 atom stereocenters. The van der Waals surface area contributed by atoms with Gasteiger partial charge in [0.15, 0.2) is 0 Å². The molecular weight excluding hydrogens is 287 g/mol. The van der Waals surface area contributed by atoms with E-state index in [1.165, 1.54) is 43.5 Å². The van der Waals surface area contributed by atoms with E-state index in [0.717, 1.165) is 49.5 Å². The van der Waals surface area contributed by atoms with Crippen molar-refractivity contribution in [1.29, 1.82) is 0 Å². The third-order valence-electron chi connectivity index (χ3n) is 5.69. The summed E-state index contributed by atoms with van der Waals surface area (Å²) < 4.78 is 12.9. The number of hydrogen-bond donors (Lipinski definition) is 0. The minimum atomic E-state index is -0.194. The number of nitrogens with zero attached hydrogens (tertiary/aromatic N) is 2. The summed E-state index contributed by atoms with van der Waals surface area (Å²) in [5, 5.41) is 0. The molecule has 2 nitrogen and oxygen atoms in total. The lowest BCUT2D eigenvalue weighted by atomic mass is 9.79. The second-order valence-corrected chi connectivity index (χ2v) is 7.50. The lowest BCUT2D eigenvalue weighted by molar-refractivity contribution is 0.122. The van der Waals surface area contributed by atoms with E-state index in [2.05, 4.69) is 18.7 Å². The monoisotopic (exact) mass is 316 g/mol. The maximum Gasteiger partial charge on any atom is 0.123 e. The van der Waals surface area contributed by atoms with Gasteiger partial charge in [0, 0.05) is 24.8 Å². The van der Waals surface area contributed by atoms with Gasteiger partial charge in [0.05, 0.1) is 5.69 Å². The zero-order chi connectivity index (χ0) is 16.2. The Labute approximate surface area is 139 Å². The molecule has 0 spiro atoms. The predicted molar refractivity (Wildman–Crippen MR) is 94.9 cm³/mol. The molecule has 0 amide bonds. The van der Waals surface area contributed by atoms with Crippen LogP contribution in [0.25, 0.3) is 0 Å². The van der Waals surface area contributed by atoms with Crippen molar-refractivity contribution >= 4 is 11.4 Å². The van der Waals surface area contributed by atoms with Crippen LogP contribution < -0.4 is 0 Å². The van der Waals surface area contributed by atoms with Crippen molar-refractivity contribution in [3.05, 3.63) is 30.1 Å². The molecule has 1 aromatic rings. The van der Waals surface area contributed by atoms with Gasteiger partial charge in [-0.2, -0.15) is 0 Å². The number of rotatable bonds is 3. The van der Waals surface area contributed by atoms with Crippen LogP contribution in [-0.2, 0) is 0 Å². The normalized spacial score (nSPS) is 26.5. The Balaban J connectivity index is 1.50. The fourth-order valence-electron chi connectivity index (χ4n) is 4.09. The second kappa shape index (κ2) is 7.57. The fraction of sp³-hybridized carbons (Fsp3) is 0.650. The summed E-state index contributed by atoms with van der Waals surface area (Å²) in [6.45, 7) is 7.00. The number of piperidine rings is 1. The molecule has 23 heavy (non-hydrogen) atoms. The molecule has 3 rings (SSSR count).